The SMILES string of the molecule is CCCCCCCCCCCC(=O)N(C)CCC(=O)O. The van der Waals surface area contributed by atoms with Crippen LogP contribution in [0.4, 0.5) is 0 Å². The highest BCUT2D eigenvalue weighted by Crippen LogP contribution is 2.11. The standard InChI is InChI=1S/C16H31NO3/c1-3-4-5-6-7-8-9-10-11-12-15(18)17(2)14-13-16(19)20/h3-14H2,1-2H3,(H,19,20). The Bertz CT molecular complexity index is 266. The quantitative estimate of drug-likeness (QED) is 0.523. The van der Waals surface area contributed by atoms with Crippen LogP contribution in [0.2, 0.25) is 0 Å². The topological polar surface area (TPSA) is 57.6 Å². The van der Waals surface area contributed by atoms with E-state index in [0.29, 0.717) is 13.0 Å². The summed E-state index contributed by atoms with van der Waals surface area (Å²) in [7, 11) is 1.68. The number of unbranched alkanes of at least 4 members (excludes halogenated alkanes) is 8. The monoisotopic (exact) mass is 285 g/mol. The van der Waals surface area contributed by atoms with Gasteiger partial charge in [-0.3, -0.25) is 9.59 Å². The van der Waals surface area contributed by atoms with E-state index in [1.807, 2.05) is 0 Å². The molecule has 0 fully saturated rings. The van der Waals surface area contributed by atoms with E-state index in [1.165, 1.54) is 49.8 Å². The van der Waals surface area contributed by atoms with Crippen molar-refractivity contribution in [3.63, 3.8) is 0 Å². The number of rotatable bonds is 13. The molecule has 0 radical (unpaired) electrons. The van der Waals surface area contributed by atoms with Crippen molar-refractivity contribution in [1.82, 2.24) is 4.90 Å². The minimum Gasteiger partial charge on any atom is -0.481 e. The van der Waals surface area contributed by atoms with Crippen molar-refractivity contribution in [3.05, 3.63) is 0 Å². The van der Waals surface area contributed by atoms with E-state index >= 15 is 0 Å². The lowest BCUT2D eigenvalue weighted by atomic mass is 10.1. The van der Waals surface area contributed by atoms with Crippen molar-refractivity contribution in [2.24, 2.45) is 0 Å². The largest absolute Gasteiger partial charge is 0.481 e. The van der Waals surface area contributed by atoms with Gasteiger partial charge in [0.1, 0.15) is 0 Å². The molecular weight excluding hydrogens is 254 g/mol. The van der Waals surface area contributed by atoms with Crippen LogP contribution in [-0.2, 0) is 9.59 Å². The number of aliphatic carboxylic acids is 1. The molecule has 0 heterocycles. The van der Waals surface area contributed by atoms with Crippen LogP contribution < -0.4 is 0 Å². The Hall–Kier alpha value is -1.06. The Morgan fingerprint density at radius 3 is 1.85 bits per heavy atom. The van der Waals surface area contributed by atoms with E-state index in [-0.39, 0.29) is 12.3 Å². The van der Waals surface area contributed by atoms with Gasteiger partial charge in [-0.05, 0) is 6.42 Å². The van der Waals surface area contributed by atoms with Crippen LogP contribution in [0.3, 0.4) is 0 Å². The third-order valence-electron chi connectivity index (χ3n) is 3.58. The summed E-state index contributed by atoms with van der Waals surface area (Å²) in [6.07, 6.45) is 11.7. The molecule has 0 saturated carbocycles. The van der Waals surface area contributed by atoms with Gasteiger partial charge in [-0.15, -0.1) is 0 Å². The zero-order chi connectivity index (χ0) is 15.2. The fraction of sp³-hybridized carbons (Fsp3) is 0.875. The normalized spacial score (nSPS) is 10.5. The van der Waals surface area contributed by atoms with Crippen molar-refractivity contribution >= 4 is 11.9 Å². The maximum atomic E-state index is 11.7. The predicted molar refractivity (Wildman–Crippen MR) is 81.7 cm³/mol. The summed E-state index contributed by atoms with van der Waals surface area (Å²) in [5, 5.41) is 8.56. The molecule has 1 amide bonds. The molecule has 0 bridgehead atoms. The van der Waals surface area contributed by atoms with Gasteiger partial charge in [0.05, 0.1) is 6.42 Å². The van der Waals surface area contributed by atoms with E-state index in [4.69, 9.17) is 5.11 Å². The minimum absolute atomic E-state index is 0.0278. The third-order valence-corrected chi connectivity index (χ3v) is 3.58. The first-order valence-corrected chi connectivity index (χ1v) is 8.03. The van der Waals surface area contributed by atoms with Crippen molar-refractivity contribution in [2.75, 3.05) is 13.6 Å². The van der Waals surface area contributed by atoms with Crippen LogP contribution in [0.1, 0.15) is 77.6 Å². The summed E-state index contributed by atoms with van der Waals surface area (Å²) in [5.74, 6) is -0.790. The number of carbonyl (C=O) groups is 2. The molecule has 0 aliphatic heterocycles. The summed E-state index contributed by atoms with van der Waals surface area (Å²) in [6, 6.07) is 0. The molecule has 0 rings (SSSR count). The fourth-order valence-electron chi connectivity index (χ4n) is 2.17. The van der Waals surface area contributed by atoms with Crippen LogP contribution in [0.5, 0.6) is 0 Å². The number of carboxylic acids is 1. The molecule has 4 heteroatoms. The molecule has 0 aromatic carbocycles. The Balaban J connectivity index is 3.36. The van der Waals surface area contributed by atoms with Crippen molar-refractivity contribution in [3.8, 4) is 0 Å². The number of hydrogen-bond acceptors (Lipinski definition) is 2. The van der Waals surface area contributed by atoms with Crippen LogP contribution >= 0.6 is 0 Å². The highest BCUT2D eigenvalue weighted by Gasteiger charge is 2.09. The van der Waals surface area contributed by atoms with Gasteiger partial charge >= 0.3 is 5.97 Å². The van der Waals surface area contributed by atoms with Gasteiger partial charge < -0.3 is 10.0 Å². The molecule has 118 valence electrons. The number of carbonyl (C=O) groups excluding carboxylic acids is 1. The molecule has 0 spiro atoms. The Kier molecular flexibility index (Phi) is 12.3. The second-order valence-corrected chi connectivity index (χ2v) is 5.54. The van der Waals surface area contributed by atoms with Crippen LogP contribution in [0, 0.1) is 0 Å². The minimum atomic E-state index is -0.854. The highest BCUT2D eigenvalue weighted by molar-refractivity contribution is 5.76. The van der Waals surface area contributed by atoms with Crippen LogP contribution in [0.25, 0.3) is 0 Å². The van der Waals surface area contributed by atoms with Gasteiger partial charge in [-0.2, -0.15) is 0 Å². The first kappa shape index (κ1) is 18.9. The van der Waals surface area contributed by atoms with Gasteiger partial charge in [-0.1, -0.05) is 58.3 Å². The number of hydrogen-bond donors (Lipinski definition) is 1. The molecule has 0 aromatic heterocycles. The first-order valence-electron chi connectivity index (χ1n) is 8.03. The van der Waals surface area contributed by atoms with Crippen molar-refractivity contribution in [1.29, 1.82) is 0 Å². The number of amides is 1. The average Bonchev–Trinajstić information content (AvgIpc) is 2.42. The summed E-state index contributed by atoms with van der Waals surface area (Å²) in [4.78, 5) is 23.6. The van der Waals surface area contributed by atoms with E-state index in [1.54, 1.807) is 7.05 Å². The van der Waals surface area contributed by atoms with Crippen LogP contribution in [-0.4, -0.2) is 35.5 Å². The molecule has 0 unspecified atom stereocenters. The summed E-state index contributed by atoms with van der Waals surface area (Å²) in [6.45, 7) is 2.54. The molecule has 20 heavy (non-hydrogen) atoms. The van der Waals surface area contributed by atoms with Gasteiger partial charge in [0.15, 0.2) is 0 Å². The van der Waals surface area contributed by atoms with Gasteiger partial charge in [0.25, 0.3) is 0 Å². The summed E-state index contributed by atoms with van der Waals surface area (Å²) >= 11 is 0. The average molecular weight is 285 g/mol. The van der Waals surface area contributed by atoms with E-state index < -0.39 is 5.97 Å². The Morgan fingerprint density at radius 2 is 1.35 bits per heavy atom. The zero-order valence-electron chi connectivity index (χ0n) is 13.2. The maximum Gasteiger partial charge on any atom is 0.305 e. The molecule has 1 N–H and O–H groups in total. The van der Waals surface area contributed by atoms with Crippen molar-refractivity contribution < 1.29 is 14.7 Å². The number of nitrogens with zero attached hydrogens (tertiary/aromatic N) is 1. The Morgan fingerprint density at radius 1 is 0.850 bits per heavy atom. The van der Waals surface area contributed by atoms with Gasteiger partial charge in [0, 0.05) is 20.0 Å². The van der Waals surface area contributed by atoms with Gasteiger partial charge in [-0.25, -0.2) is 0 Å². The van der Waals surface area contributed by atoms with E-state index in [0.717, 1.165) is 12.8 Å². The number of carboxylic acid groups (broad SMARTS) is 1. The molecule has 0 atom stereocenters. The van der Waals surface area contributed by atoms with Crippen molar-refractivity contribution in [2.45, 2.75) is 77.6 Å². The van der Waals surface area contributed by atoms with Gasteiger partial charge in [0.2, 0.25) is 5.91 Å². The Labute approximate surface area is 123 Å². The molecular formula is C16H31NO3. The molecule has 0 aliphatic rings. The second kappa shape index (κ2) is 12.9. The molecule has 0 aromatic rings. The predicted octanol–water partition coefficient (Wildman–Crippen LogP) is 3.84. The van der Waals surface area contributed by atoms with E-state index in [2.05, 4.69) is 6.92 Å². The lowest BCUT2D eigenvalue weighted by Gasteiger charge is -2.15. The molecule has 0 saturated heterocycles. The summed E-state index contributed by atoms with van der Waals surface area (Å²) < 4.78 is 0. The first-order chi connectivity index (χ1) is 9.57. The highest BCUT2D eigenvalue weighted by atomic mass is 16.4. The summed E-state index contributed by atoms with van der Waals surface area (Å²) in [5.41, 5.74) is 0. The maximum absolute atomic E-state index is 11.7. The van der Waals surface area contributed by atoms with E-state index in [9.17, 15) is 9.59 Å². The smallest absolute Gasteiger partial charge is 0.305 e. The lowest BCUT2D eigenvalue weighted by Crippen LogP contribution is -2.28. The van der Waals surface area contributed by atoms with Crippen LogP contribution in [0.15, 0.2) is 0 Å². The second-order valence-electron chi connectivity index (χ2n) is 5.54. The fourth-order valence-corrected chi connectivity index (χ4v) is 2.17. The third kappa shape index (κ3) is 12.0. The lowest BCUT2D eigenvalue weighted by molar-refractivity contribution is -0.138. The molecule has 4 nitrogen and oxygen atoms in total. The zero-order valence-corrected chi connectivity index (χ0v) is 13.2. The molecule has 0 aliphatic carbocycles.